The van der Waals surface area contributed by atoms with Crippen LogP contribution in [0.25, 0.3) is 10.4 Å². The van der Waals surface area contributed by atoms with Crippen LogP contribution in [-0.2, 0) is 43.9 Å². The lowest BCUT2D eigenvalue weighted by Crippen LogP contribution is -2.21. The fourth-order valence-electron chi connectivity index (χ4n) is 2.82. The van der Waals surface area contributed by atoms with Crippen LogP contribution in [-0.4, -0.2) is 127 Å². The lowest BCUT2D eigenvalue weighted by atomic mass is 10.4. The van der Waals surface area contributed by atoms with E-state index < -0.39 is 19.5 Å². The van der Waals surface area contributed by atoms with Crippen molar-refractivity contribution in [2.75, 3.05) is 91.1 Å². The van der Waals surface area contributed by atoms with Crippen molar-refractivity contribution in [3.63, 3.8) is 0 Å². The normalized spacial score (nSPS) is 11.5. The van der Waals surface area contributed by atoms with Crippen LogP contribution in [0, 0.1) is 0 Å². The predicted octanol–water partition coefficient (Wildman–Crippen LogP) is 0.565. The maximum atomic E-state index is 10.8. The van der Waals surface area contributed by atoms with Gasteiger partial charge in [-0.3, -0.25) is 4.79 Å². The summed E-state index contributed by atoms with van der Waals surface area (Å²) in [7, 11) is -1.01. The molecule has 1 heterocycles. The van der Waals surface area contributed by atoms with Gasteiger partial charge in [0.25, 0.3) is 0 Å². The summed E-state index contributed by atoms with van der Waals surface area (Å²) in [6, 6.07) is 1.09. The van der Waals surface area contributed by atoms with Crippen molar-refractivity contribution in [2.24, 2.45) is 5.11 Å². The minimum absolute atomic E-state index is 0.0247. The first-order valence-electron chi connectivity index (χ1n) is 13.5. The average molecular weight is 621 g/mol. The molecule has 17 heteroatoms. The lowest BCUT2D eigenvalue weighted by molar-refractivity contribution is -0.118. The van der Waals surface area contributed by atoms with Crippen molar-refractivity contribution in [2.45, 2.75) is 31.2 Å². The van der Waals surface area contributed by atoms with E-state index in [1.165, 1.54) is 6.92 Å². The number of thioether (sulfide) groups is 1. The Bertz CT molecular complexity index is 784. The van der Waals surface area contributed by atoms with Gasteiger partial charge in [0, 0.05) is 48.3 Å². The van der Waals surface area contributed by atoms with Gasteiger partial charge >= 0.3 is 0 Å². The summed E-state index contributed by atoms with van der Waals surface area (Å²) >= 11 is 1.63. The van der Waals surface area contributed by atoms with E-state index in [0.29, 0.717) is 85.8 Å². The molecule has 0 saturated heterocycles. The van der Waals surface area contributed by atoms with Gasteiger partial charge in [0.1, 0.15) is 9.76 Å². The number of hydrogen-bond acceptors (Lipinski definition) is 12. The van der Waals surface area contributed by atoms with E-state index in [-0.39, 0.29) is 5.91 Å². The molecule has 0 aliphatic heterocycles. The highest BCUT2D eigenvalue weighted by Crippen LogP contribution is 2.11. The summed E-state index contributed by atoms with van der Waals surface area (Å²) in [6.07, 6.45) is 4.59. The van der Waals surface area contributed by atoms with Gasteiger partial charge < -0.3 is 37.9 Å². The van der Waals surface area contributed by atoms with Gasteiger partial charge in [-0.2, -0.15) is 0 Å². The Morgan fingerprint density at radius 2 is 1.45 bits per heavy atom. The van der Waals surface area contributed by atoms with Crippen molar-refractivity contribution in [3.05, 3.63) is 28.4 Å². The van der Waals surface area contributed by atoms with Crippen molar-refractivity contribution >= 4 is 37.2 Å². The highest BCUT2D eigenvalue weighted by atomic mass is 32.2. The summed E-state index contributed by atoms with van der Waals surface area (Å²) < 4.78 is 38.4. The molecule has 0 aliphatic rings. The van der Waals surface area contributed by atoms with Crippen molar-refractivity contribution in [1.82, 2.24) is 15.3 Å². The van der Waals surface area contributed by atoms with Crippen LogP contribution in [0.5, 0.6) is 0 Å². The Hall–Kier alpha value is -1.64. The number of nitrogens with zero attached hydrogens (tertiary/aromatic N) is 5. The van der Waals surface area contributed by atoms with Crippen LogP contribution in [0.1, 0.15) is 18.9 Å². The SMILES string of the molecule is CC(=O)NCCC[SiH2]O[SiH2]CSc1ncc(COCCOCCOCCOCCOCCOCCN=[N+]=[N-])cn1. The quantitative estimate of drug-likeness (QED) is 0.0253. The van der Waals surface area contributed by atoms with Crippen LogP contribution in [0.15, 0.2) is 22.7 Å². The first-order chi connectivity index (χ1) is 19.7. The molecule has 14 nitrogen and oxygen atoms in total. The van der Waals surface area contributed by atoms with E-state index in [0.717, 1.165) is 35.1 Å². The standard InChI is InChI=1S/C23H44N6O8SSi2/c1-21(30)25-3-2-16-39-37-40-20-38-23-26-17-22(18-27-23)19-36-15-14-35-13-12-34-11-10-33-9-8-32-7-6-31-5-4-28-29-24/h17-18H,2-16,19-20,39-40H2,1H3,(H,25,30). The molecular formula is C23H44N6O8SSi2. The minimum atomic E-state index is -0.544. The molecule has 1 rings (SSSR count). The van der Waals surface area contributed by atoms with Crippen LogP contribution in [0.2, 0.25) is 6.04 Å². The van der Waals surface area contributed by atoms with E-state index in [2.05, 4.69) is 25.3 Å². The molecule has 40 heavy (non-hydrogen) atoms. The van der Waals surface area contributed by atoms with E-state index in [1.54, 1.807) is 24.2 Å². The van der Waals surface area contributed by atoms with Crippen LogP contribution >= 0.6 is 11.8 Å². The first kappa shape index (κ1) is 36.4. The molecule has 0 unspecified atom stereocenters. The first-order valence-corrected chi connectivity index (χ1v) is 17.6. The van der Waals surface area contributed by atoms with Gasteiger partial charge in [0.2, 0.25) is 5.91 Å². The Kier molecular flexibility index (Phi) is 26.3. The van der Waals surface area contributed by atoms with Gasteiger partial charge in [-0.25, -0.2) is 9.97 Å². The topological polar surface area (TPSA) is 168 Å². The summed E-state index contributed by atoms with van der Waals surface area (Å²) in [5.74, 6) is 0.0247. The second kappa shape index (κ2) is 28.9. The smallest absolute Gasteiger partial charge is 0.216 e. The summed E-state index contributed by atoms with van der Waals surface area (Å²) in [6.45, 7) is 8.30. The highest BCUT2D eigenvalue weighted by Gasteiger charge is 2.01. The highest BCUT2D eigenvalue weighted by molar-refractivity contribution is 8.00. The van der Waals surface area contributed by atoms with E-state index in [9.17, 15) is 4.79 Å². The Labute approximate surface area is 245 Å². The van der Waals surface area contributed by atoms with Crippen LogP contribution in [0.4, 0.5) is 0 Å². The number of aromatic nitrogens is 2. The number of carbonyl (C=O) groups excluding carboxylic acids is 1. The van der Waals surface area contributed by atoms with Gasteiger partial charge in [-0.1, -0.05) is 16.9 Å². The third kappa shape index (κ3) is 25.3. The van der Waals surface area contributed by atoms with E-state index >= 15 is 0 Å². The Balaban J connectivity index is 1.81. The Morgan fingerprint density at radius 1 is 0.900 bits per heavy atom. The van der Waals surface area contributed by atoms with Crippen molar-refractivity contribution in [1.29, 1.82) is 0 Å². The second-order valence-electron chi connectivity index (χ2n) is 8.09. The zero-order valence-corrected chi connectivity index (χ0v) is 27.1. The number of nitrogens with one attached hydrogen (secondary N) is 1. The van der Waals surface area contributed by atoms with Crippen molar-refractivity contribution in [3.8, 4) is 0 Å². The van der Waals surface area contributed by atoms with Crippen LogP contribution in [0.3, 0.4) is 0 Å². The Morgan fingerprint density at radius 3 is 2.00 bits per heavy atom. The molecule has 1 aromatic rings. The monoisotopic (exact) mass is 620 g/mol. The maximum absolute atomic E-state index is 10.8. The van der Waals surface area contributed by atoms with Crippen molar-refractivity contribution < 1.29 is 37.3 Å². The third-order valence-corrected chi connectivity index (χ3v) is 9.81. The molecule has 228 valence electrons. The molecule has 1 amide bonds. The molecular weight excluding hydrogens is 577 g/mol. The lowest BCUT2D eigenvalue weighted by Gasteiger charge is -2.08. The maximum Gasteiger partial charge on any atom is 0.216 e. The molecule has 0 aromatic carbocycles. The number of ether oxygens (including phenoxy) is 6. The largest absolute Gasteiger partial charge is 0.464 e. The molecule has 1 aromatic heterocycles. The summed E-state index contributed by atoms with van der Waals surface area (Å²) in [5.41, 5.74) is 9.06. The van der Waals surface area contributed by atoms with Gasteiger partial charge in [-0.05, 0) is 18.0 Å². The molecule has 1 N–H and O–H groups in total. The third-order valence-electron chi connectivity index (χ3n) is 4.76. The number of azide groups is 1. The average Bonchev–Trinajstić information content (AvgIpc) is 2.96. The van der Waals surface area contributed by atoms with E-state index in [4.69, 9.17) is 38.1 Å². The number of hydrogen-bond donors (Lipinski definition) is 1. The molecule has 0 aliphatic carbocycles. The number of carbonyl (C=O) groups is 1. The van der Waals surface area contributed by atoms with Gasteiger partial charge in [-0.15, -0.1) is 0 Å². The summed E-state index contributed by atoms with van der Waals surface area (Å²) in [4.78, 5) is 22.2. The van der Waals surface area contributed by atoms with Crippen LogP contribution < -0.4 is 5.32 Å². The molecule has 0 spiro atoms. The second-order valence-corrected chi connectivity index (χ2v) is 13.5. The molecule has 0 bridgehead atoms. The van der Waals surface area contributed by atoms with E-state index in [1.807, 2.05) is 0 Å². The fourth-order valence-corrected chi connectivity index (χ4v) is 7.76. The predicted molar refractivity (Wildman–Crippen MR) is 157 cm³/mol. The molecule has 0 radical (unpaired) electrons. The zero-order chi connectivity index (χ0) is 28.8. The minimum Gasteiger partial charge on any atom is -0.464 e. The number of rotatable bonds is 29. The molecule has 0 fully saturated rings. The summed E-state index contributed by atoms with van der Waals surface area (Å²) in [5, 5.41) is 7.89. The van der Waals surface area contributed by atoms with Gasteiger partial charge in [0.15, 0.2) is 14.9 Å². The molecule has 0 saturated carbocycles. The number of amides is 1. The fraction of sp³-hybridized carbons (Fsp3) is 0.783. The van der Waals surface area contributed by atoms with Gasteiger partial charge in [0.05, 0.1) is 79.3 Å². The molecule has 0 atom stereocenters. The zero-order valence-electron chi connectivity index (χ0n) is 23.5.